The largest absolute Gasteiger partial charge is 0.319 e. The zero-order valence-electron chi connectivity index (χ0n) is 24.8. The average Bonchev–Trinajstić information content (AvgIpc) is 3.56. The summed E-state index contributed by atoms with van der Waals surface area (Å²) in [4.78, 5) is 4.02. The van der Waals surface area contributed by atoms with E-state index in [0.717, 1.165) is 38.4 Å². The van der Waals surface area contributed by atoms with E-state index < -0.39 is 8.07 Å². The van der Waals surface area contributed by atoms with Crippen LogP contribution in [0.4, 0.5) is 5.69 Å². The quantitative estimate of drug-likeness (QED) is 0.151. The van der Waals surface area contributed by atoms with E-state index in [1.165, 1.54) is 32.6 Å². The van der Waals surface area contributed by atoms with E-state index in [4.69, 9.17) is 6.57 Å². The summed E-state index contributed by atoms with van der Waals surface area (Å²) in [7, 11) is -2.08. The molecule has 2 heterocycles. The lowest BCUT2D eigenvalue weighted by Gasteiger charge is -2.25. The third-order valence-electron chi connectivity index (χ3n) is 8.85. The standard InChI is InChI=1S/C39H28N4Si/c1-41-32-20-17-26(24-40)39(44(2,3)4)38(32)43-35-22-19-27(23-31(35)37-28-12-6-5-11-25(28)18-21-36(37)43)42-33-15-9-7-13-29(33)30-14-8-10-16-34(30)42/h5-23H,2-4H3. The maximum atomic E-state index is 10.2. The molecule has 0 aliphatic heterocycles. The Kier molecular flexibility index (Phi) is 5.59. The summed E-state index contributed by atoms with van der Waals surface area (Å²) < 4.78 is 4.61. The van der Waals surface area contributed by atoms with Gasteiger partial charge in [-0.25, -0.2) is 4.85 Å². The van der Waals surface area contributed by atoms with E-state index in [2.05, 4.69) is 143 Å². The number of hydrogen-bond acceptors (Lipinski definition) is 1. The number of rotatable bonds is 3. The minimum atomic E-state index is -2.08. The van der Waals surface area contributed by atoms with Crippen molar-refractivity contribution in [1.82, 2.24) is 9.13 Å². The SMILES string of the molecule is [C-]#[N+]c1ccc(C#N)c([Si](C)(C)C)c1-n1c2ccc(-n3c4ccccc4c4ccccc43)cc2c2c3ccccc3ccc21. The van der Waals surface area contributed by atoms with Gasteiger partial charge < -0.3 is 9.13 Å². The molecule has 0 N–H and O–H groups in total. The molecule has 5 heteroatoms. The van der Waals surface area contributed by atoms with Crippen molar-refractivity contribution in [2.24, 2.45) is 0 Å². The number of aromatic nitrogens is 2. The van der Waals surface area contributed by atoms with Gasteiger partial charge >= 0.3 is 0 Å². The lowest BCUT2D eigenvalue weighted by atomic mass is 10.0. The molecule has 2 aromatic heterocycles. The van der Waals surface area contributed by atoms with Gasteiger partial charge in [-0.05, 0) is 52.4 Å². The third-order valence-corrected chi connectivity index (χ3v) is 10.9. The van der Waals surface area contributed by atoms with Gasteiger partial charge in [0, 0.05) is 27.2 Å². The van der Waals surface area contributed by atoms with Gasteiger partial charge in [0.15, 0.2) is 0 Å². The summed E-state index contributed by atoms with van der Waals surface area (Å²) in [6.07, 6.45) is 0. The van der Waals surface area contributed by atoms with Crippen molar-refractivity contribution in [3.8, 4) is 17.4 Å². The fourth-order valence-corrected chi connectivity index (χ4v) is 9.01. The number of nitriles is 1. The molecule has 0 aliphatic carbocycles. The number of hydrogen-bond donors (Lipinski definition) is 0. The molecule has 0 unspecified atom stereocenters. The molecule has 0 aliphatic rings. The minimum absolute atomic E-state index is 0.569. The second kappa shape index (κ2) is 9.44. The van der Waals surface area contributed by atoms with Gasteiger partial charge in [0.05, 0.1) is 54.0 Å². The maximum absolute atomic E-state index is 10.2. The molecule has 0 bridgehead atoms. The topological polar surface area (TPSA) is 38.0 Å². The van der Waals surface area contributed by atoms with Gasteiger partial charge in [0.1, 0.15) is 0 Å². The van der Waals surface area contributed by atoms with E-state index >= 15 is 0 Å². The molecule has 0 spiro atoms. The second-order valence-corrected chi connectivity index (χ2v) is 17.4. The Morgan fingerprint density at radius 1 is 0.636 bits per heavy atom. The van der Waals surface area contributed by atoms with E-state index in [1.807, 2.05) is 12.1 Å². The molecule has 6 aromatic carbocycles. The van der Waals surface area contributed by atoms with Crippen LogP contribution in [0.1, 0.15) is 5.56 Å². The maximum Gasteiger partial charge on any atom is 0.210 e. The first-order valence-electron chi connectivity index (χ1n) is 14.8. The summed E-state index contributed by atoms with van der Waals surface area (Å²) in [5.41, 5.74) is 7.56. The van der Waals surface area contributed by atoms with Gasteiger partial charge in [-0.1, -0.05) is 98.5 Å². The van der Waals surface area contributed by atoms with Crippen LogP contribution in [0.25, 0.3) is 70.6 Å². The van der Waals surface area contributed by atoms with Crippen molar-refractivity contribution < 1.29 is 0 Å². The van der Waals surface area contributed by atoms with Crippen LogP contribution in [0, 0.1) is 17.9 Å². The smallest absolute Gasteiger partial charge is 0.210 e. The Morgan fingerprint density at radius 2 is 1.25 bits per heavy atom. The van der Waals surface area contributed by atoms with Crippen LogP contribution in [-0.2, 0) is 0 Å². The molecule has 208 valence electrons. The van der Waals surface area contributed by atoms with Gasteiger partial charge in [-0.15, -0.1) is 0 Å². The van der Waals surface area contributed by atoms with Crippen molar-refractivity contribution in [1.29, 1.82) is 5.26 Å². The van der Waals surface area contributed by atoms with Crippen LogP contribution >= 0.6 is 0 Å². The molecular formula is C39H28N4Si. The molecule has 44 heavy (non-hydrogen) atoms. The van der Waals surface area contributed by atoms with Gasteiger partial charge in [-0.3, -0.25) is 0 Å². The second-order valence-electron chi connectivity index (χ2n) is 12.4. The first kappa shape index (κ1) is 26.0. The van der Waals surface area contributed by atoms with Gasteiger partial charge in [0.25, 0.3) is 0 Å². The van der Waals surface area contributed by atoms with Crippen molar-refractivity contribution in [2.45, 2.75) is 19.6 Å². The van der Waals surface area contributed by atoms with Crippen LogP contribution in [-0.4, -0.2) is 17.2 Å². The first-order chi connectivity index (χ1) is 21.4. The number of benzene rings is 6. The fourth-order valence-electron chi connectivity index (χ4n) is 7.11. The molecule has 0 amide bonds. The molecule has 8 aromatic rings. The van der Waals surface area contributed by atoms with Gasteiger partial charge in [0.2, 0.25) is 5.69 Å². The lowest BCUT2D eigenvalue weighted by Crippen LogP contribution is -2.42. The first-order valence-corrected chi connectivity index (χ1v) is 18.3. The van der Waals surface area contributed by atoms with Crippen LogP contribution in [0.15, 0.2) is 115 Å². The summed E-state index contributed by atoms with van der Waals surface area (Å²) in [5.74, 6) is 0. The molecule has 0 fully saturated rings. The normalized spacial score (nSPS) is 11.9. The van der Waals surface area contributed by atoms with E-state index in [1.54, 1.807) is 0 Å². The highest BCUT2D eigenvalue weighted by Crippen LogP contribution is 2.41. The monoisotopic (exact) mass is 580 g/mol. The molecule has 0 saturated carbocycles. The zero-order chi connectivity index (χ0) is 30.2. The summed E-state index contributed by atoms with van der Waals surface area (Å²) in [5, 5.41) is 18.3. The lowest BCUT2D eigenvalue weighted by molar-refractivity contribution is 1.17. The molecule has 0 atom stereocenters. The van der Waals surface area contributed by atoms with Crippen molar-refractivity contribution in [2.75, 3.05) is 0 Å². The molecule has 0 saturated heterocycles. The Labute approximate surface area is 256 Å². The predicted octanol–water partition coefficient (Wildman–Crippen LogP) is 10.0. The van der Waals surface area contributed by atoms with E-state index in [9.17, 15) is 5.26 Å². The Hall–Kier alpha value is -5.62. The van der Waals surface area contributed by atoms with Crippen molar-refractivity contribution in [3.63, 3.8) is 0 Å². The van der Waals surface area contributed by atoms with Gasteiger partial charge in [-0.2, -0.15) is 5.26 Å². The van der Waals surface area contributed by atoms with Crippen LogP contribution < -0.4 is 5.19 Å². The summed E-state index contributed by atoms with van der Waals surface area (Å²) in [6, 6.07) is 42.8. The Balaban J connectivity index is 1.57. The highest BCUT2D eigenvalue weighted by molar-refractivity contribution is 6.90. The molecule has 0 radical (unpaired) electrons. The zero-order valence-corrected chi connectivity index (χ0v) is 25.8. The highest BCUT2D eigenvalue weighted by atomic mass is 28.3. The van der Waals surface area contributed by atoms with Crippen LogP contribution in [0.2, 0.25) is 19.6 Å². The number of nitrogens with zero attached hydrogens (tertiary/aromatic N) is 4. The number of para-hydroxylation sites is 2. The Bertz CT molecular complexity index is 2510. The number of fused-ring (bicyclic) bond motifs is 8. The minimum Gasteiger partial charge on any atom is -0.319 e. The average molecular weight is 581 g/mol. The fraction of sp³-hybridized carbons (Fsp3) is 0.0769. The predicted molar refractivity (Wildman–Crippen MR) is 187 cm³/mol. The van der Waals surface area contributed by atoms with E-state index in [-0.39, 0.29) is 0 Å². The third kappa shape index (κ3) is 3.61. The van der Waals surface area contributed by atoms with E-state index in [0.29, 0.717) is 11.3 Å². The summed E-state index contributed by atoms with van der Waals surface area (Å²) in [6.45, 7) is 14.9. The van der Waals surface area contributed by atoms with Crippen LogP contribution in [0.5, 0.6) is 0 Å². The molecule has 4 nitrogen and oxygen atoms in total. The highest BCUT2D eigenvalue weighted by Gasteiger charge is 2.29. The molecule has 8 rings (SSSR count). The van der Waals surface area contributed by atoms with Crippen molar-refractivity contribution in [3.05, 3.63) is 132 Å². The van der Waals surface area contributed by atoms with Crippen molar-refractivity contribution >= 4 is 73.3 Å². The summed E-state index contributed by atoms with van der Waals surface area (Å²) >= 11 is 0. The van der Waals surface area contributed by atoms with Crippen LogP contribution in [0.3, 0.4) is 0 Å². The Morgan fingerprint density at radius 3 is 1.91 bits per heavy atom. The molecular weight excluding hydrogens is 553 g/mol.